The van der Waals surface area contributed by atoms with Gasteiger partial charge in [-0.25, -0.2) is 0 Å². The normalized spacial score (nSPS) is 13.6. The molecule has 0 fully saturated rings. The molecule has 0 aliphatic carbocycles. The van der Waals surface area contributed by atoms with E-state index in [4.69, 9.17) is 15.2 Å². The van der Waals surface area contributed by atoms with Crippen LogP contribution in [0.5, 0.6) is 11.5 Å². The minimum atomic E-state index is -0.813. The molecule has 5 heteroatoms. The molecule has 1 atom stereocenters. The summed E-state index contributed by atoms with van der Waals surface area (Å²) in [4.78, 5) is 11.3. The molecule has 5 nitrogen and oxygen atoms in total. The maximum absolute atomic E-state index is 11.3. The number of methoxy groups -OCH3 is 3. The van der Waals surface area contributed by atoms with Crippen LogP contribution in [-0.2, 0) is 15.1 Å². The summed E-state index contributed by atoms with van der Waals surface area (Å²) >= 11 is 0. The molecule has 0 heterocycles. The van der Waals surface area contributed by atoms with Crippen molar-refractivity contribution in [2.24, 2.45) is 5.73 Å². The average molecular weight is 253 g/mol. The lowest BCUT2D eigenvalue weighted by molar-refractivity contribution is -0.141. The number of rotatable bonds is 5. The van der Waals surface area contributed by atoms with Gasteiger partial charge in [0.1, 0.15) is 0 Å². The first-order valence-corrected chi connectivity index (χ1v) is 5.53. The zero-order chi connectivity index (χ0) is 13.8. The van der Waals surface area contributed by atoms with Crippen molar-refractivity contribution >= 4 is 5.97 Å². The fourth-order valence-electron chi connectivity index (χ4n) is 1.67. The third kappa shape index (κ3) is 3.13. The first-order valence-electron chi connectivity index (χ1n) is 5.53. The Morgan fingerprint density at radius 2 is 1.83 bits per heavy atom. The minimum absolute atomic E-state index is 0.0962. The average Bonchev–Trinajstić information content (AvgIpc) is 2.37. The van der Waals surface area contributed by atoms with Gasteiger partial charge in [0.25, 0.3) is 0 Å². The van der Waals surface area contributed by atoms with Crippen LogP contribution in [-0.4, -0.2) is 27.3 Å². The standard InChI is InChI=1S/C13H19NO4/c1-13(14,8-12(15)18-4)9-5-6-10(16-2)11(7-9)17-3/h5-7H,8,14H2,1-4H3. The number of carbonyl (C=O) groups excluding carboxylic acids is 1. The lowest BCUT2D eigenvalue weighted by Crippen LogP contribution is -2.36. The van der Waals surface area contributed by atoms with Crippen molar-refractivity contribution in [3.63, 3.8) is 0 Å². The van der Waals surface area contributed by atoms with Crippen LogP contribution < -0.4 is 15.2 Å². The highest BCUT2D eigenvalue weighted by Crippen LogP contribution is 2.32. The summed E-state index contributed by atoms with van der Waals surface area (Å²) in [5.74, 6) is 0.849. The van der Waals surface area contributed by atoms with E-state index in [9.17, 15) is 4.79 Å². The molecule has 0 aliphatic rings. The SMILES string of the molecule is COC(=O)CC(C)(N)c1ccc(OC)c(OC)c1. The number of esters is 1. The predicted octanol–water partition coefficient (Wildman–Crippen LogP) is 1.44. The molecule has 1 rings (SSSR count). The number of ether oxygens (including phenoxy) is 3. The number of carbonyl (C=O) groups is 1. The van der Waals surface area contributed by atoms with Crippen LogP contribution in [0.4, 0.5) is 0 Å². The smallest absolute Gasteiger partial charge is 0.307 e. The number of hydrogen-bond acceptors (Lipinski definition) is 5. The monoisotopic (exact) mass is 253 g/mol. The fraction of sp³-hybridized carbons (Fsp3) is 0.462. The quantitative estimate of drug-likeness (QED) is 0.804. The van der Waals surface area contributed by atoms with Gasteiger partial charge in [-0.15, -0.1) is 0 Å². The summed E-state index contributed by atoms with van der Waals surface area (Å²) in [7, 11) is 4.45. The number of nitrogens with two attached hydrogens (primary N) is 1. The van der Waals surface area contributed by atoms with E-state index in [1.54, 1.807) is 33.3 Å². The van der Waals surface area contributed by atoms with Crippen LogP contribution >= 0.6 is 0 Å². The summed E-state index contributed by atoms with van der Waals surface area (Å²) in [5.41, 5.74) is 6.10. The van der Waals surface area contributed by atoms with Crippen molar-refractivity contribution in [1.29, 1.82) is 0 Å². The van der Waals surface area contributed by atoms with Crippen molar-refractivity contribution in [2.75, 3.05) is 21.3 Å². The highest BCUT2D eigenvalue weighted by Gasteiger charge is 2.26. The van der Waals surface area contributed by atoms with E-state index in [0.29, 0.717) is 11.5 Å². The van der Waals surface area contributed by atoms with Gasteiger partial charge >= 0.3 is 5.97 Å². The Bertz CT molecular complexity index is 429. The number of hydrogen-bond donors (Lipinski definition) is 1. The second-order valence-electron chi connectivity index (χ2n) is 4.24. The van der Waals surface area contributed by atoms with Gasteiger partial charge in [0, 0.05) is 5.54 Å². The lowest BCUT2D eigenvalue weighted by Gasteiger charge is -2.24. The Morgan fingerprint density at radius 3 is 2.33 bits per heavy atom. The zero-order valence-corrected chi connectivity index (χ0v) is 11.1. The van der Waals surface area contributed by atoms with Crippen LogP contribution in [0, 0.1) is 0 Å². The van der Waals surface area contributed by atoms with Gasteiger partial charge in [-0.3, -0.25) is 4.79 Å². The van der Waals surface area contributed by atoms with E-state index in [2.05, 4.69) is 4.74 Å². The van der Waals surface area contributed by atoms with Crippen molar-refractivity contribution in [2.45, 2.75) is 18.9 Å². The molecule has 0 aromatic heterocycles. The predicted molar refractivity (Wildman–Crippen MR) is 67.7 cm³/mol. The van der Waals surface area contributed by atoms with Gasteiger partial charge < -0.3 is 19.9 Å². The van der Waals surface area contributed by atoms with Crippen molar-refractivity contribution in [3.8, 4) is 11.5 Å². The molecule has 0 amide bonds. The molecule has 100 valence electrons. The van der Waals surface area contributed by atoms with E-state index >= 15 is 0 Å². The molecule has 0 bridgehead atoms. The molecule has 0 spiro atoms. The molecular formula is C13H19NO4. The molecule has 1 aromatic carbocycles. The van der Waals surface area contributed by atoms with Crippen LogP contribution in [0.2, 0.25) is 0 Å². The zero-order valence-electron chi connectivity index (χ0n) is 11.1. The molecule has 1 aromatic rings. The highest BCUT2D eigenvalue weighted by molar-refractivity contribution is 5.71. The third-order valence-corrected chi connectivity index (χ3v) is 2.78. The molecule has 0 radical (unpaired) electrons. The first kappa shape index (κ1) is 14.3. The summed E-state index contributed by atoms with van der Waals surface area (Å²) in [6, 6.07) is 5.34. The van der Waals surface area contributed by atoms with Crippen LogP contribution in [0.1, 0.15) is 18.9 Å². The van der Waals surface area contributed by atoms with Gasteiger partial charge in [-0.1, -0.05) is 6.07 Å². The first-order chi connectivity index (χ1) is 8.44. The van der Waals surface area contributed by atoms with E-state index in [-0.39, 0.29) is 12.4 Å². The largest absolute Gasteiger partial charge is 0.493 e. The second-order valence-corrected chi connectivity index (χ2v) is 4.24. The molecule has 0 aliphatic heterocycles. The lowest BCUT2D eigenvalue weighted by atomic mass is 9.89. The van der Waals surface area contributed by atoms with Gasteiger partial charge in [-0.2, -0.15) is 0 Å². The van der Waals surface area contributed by atoms with Gasteiger partial charge in [0.05, 0.1) is 27.8 Å². The van der Waals surface area contributed by atoms with E-state index in [1.165, 1.54) is 7.11 Å². The summed E-state index contributed by atoms with van der Waals surface area (Å²) in [6.45, 7) is 1.77. The van der Waals surface area contributed by atoms with Crippen LogP contribution in [0.15, 0.2) is 18.2 Å². The Balaban J connectivity index is 3.05. The van der Waals surface area contributed by atoms with E-state index in [1.807, 2.05) is 6.07 Å². The summed E-state index contributed by atoms with van der Waals surface area (Å²) < 4.78 is 15.0. The Morgan fingerprint density at radius 1 is 1.22 bits per heavy atom. The van der Waals surface area contributed by atoms with Crippen LogP contribution in [0.3, 0.4) is 0 Å². The Hall–Kier alpha value is -1.75. The molecular weight excluding hydrogens is 234 g/mol. The fourth-order valence-corrected chi connectivity index (χ4v) is 1.67. The summed E-state index contributed by atoms with van der Waals surface area (Å²) in [5, 5.41) is 0. The van der Waals surface area contributed by atoms with E-state index < -0.39 is 5.54 Å². The Kier molecular flexibility index (Phi) is 4.55. The number of benzene rings is 1. The van der Waals surface area contributed by atoms with Gasteiger partial charge in [0.15, 0.2) is 11.5 Å². The van der Waals surface area contributed by atoms with Crippen molar-refractivity contribution in [3.05, 3.63) is 23.8 Å². The second kappa shape index (κ2) is 5.73. The maximum Gasteiger partial charge on any atom is 0.307 e. The third-order valence-electron chi connectivity index (χ3n) is 2.78. The van der Waals surface area contributed by atoms with Crippen LogP contribution in [0.25, 0.3) is 0 Å². The van der Waals surface area contributed by atoms with E-state index in [0.717, 1.165) is 5.56 Å². The molecule has 2 N–H and O–H groups in total. The molecule has 18 heavy (non-hydrogen) atoms. The minimum Gasteiger partial charge on any atom is -0.493 e. The molecule has 0 saturated heterocycles. The van der Waals surface area contributed by atoms with Gasteiger partial charge in [0.2, 0.25) is 0 Å². The van der Waals surface area contributed by atoms with Crippen molar-refractivity contribution in [1.82, 2.24) is 0 Å². The van der Waals surface area contributed by atoms with Gasteiger partial charge in [-0.05, 0) is 24.6 Å². The maximum atomic E-state index is 11.3. The highest BCUT2D eigenvalue weighted by atomic mass is 16.5. The topological polar surface area (TPSA) is 70.8 Å². The summed E-state index contributed by atoms with van der Waals surface area (Å²) in [6.07, 6.45) is 0.0962. The Labute approximate surface area is 107 Å². The molecule has 1 unspecified atom stereocenters. The molecule has 0 saturated carbocycles. The van der Waals surface area contributed by atoms with Crippen molar-refractivity contribution < 1.29 is 19.0 Å².